The molecular weight excluding hydrogens is 352 g/mol. The highest BCUT2D eigenvalue weighted by atomic mass is 32.1. The van der Waals surface area contributed by atoms with Crippen LogP contribution >= 0.6 is 11.3 Å². The van der Waals surface area contributed by atoms with Crippen molar-refractivity contribution >= 4 is 28.7 Å². The third-order valence-corrected chi connectivity index (χ3v) is 5.91. The summed E-state index contributed by atoms with van der Waals surface area (Å²) in [5, 5.41) is 4.98. The molecule has 1 fully saturated rings. The van der Waals surface area contributed by atoms with Crippen LogP contribution in [0.15, 0.2) is 29.6 Å². The van der Waals surface area contributed by atoms with Gasteiger partial charge in [-0.2, -0.15) is 0 Å². The molecule has 1 unspecified atom stereocenters. The Bertz CT molecular complexity index is 834. The molecule has 1 aromatic carbocycles. The van der Waals surface area contributed by atoms with Gasteiger partial charge in [-0.1, -0.05) is 6.07 Å². The number of ether oxygens (including phenoxy) is 2. The first-order valence-corrected chi connectivity index (χ1v) is 9.62. The predicted molar refractivity (Wildman–Crippen MR) is 98.2 cm³/mol. The second kappa shape index (κ2) is 7.09. The number of nitrogens with one attached hydrogen (secondary N) is 2. The van der Waals surface area contributed by atoms with Gasteiger partial charge in [-0.3, -0.25) is 9.59 Å². The number of hydrogen-bond donors (Lipinski definition) is 2. The van der Waals surface area contributed by atoms with Gasteiger partial charge in [0.1, 0.15) is 6.04 Å². The number of carbonyl (C=O) groups excluding carboxylic acids is 2. The quantitative estimate of drug-likeness (QED) is 0.787. The highest BCUT2D eigenvalue weighted by molar-refractivity contribution is 7.10. The molecule has 0 saturated carbocycles. The van der Waals surface area contributed by atoms with E-state index in [9.17, 15) is 9.59 Å². The van der Waals surface area contributed by atoms with Crippen LogP contribution in [0.2, 0.25) is 0 Å². The fourth-order valence-corrected chi connectivity index (χ4v) is 4.61. The van der Waals surface area contributed by atoms with Crippen molar-refractivity contribution in [2.24, 2.45) is 0 Å². The molecule has 2 atom stereocenters. The summed E-state index contributed by atoms with van der Waals surface area (Å²) in [7, 11) is 0. The Hall–Kier alpha value is -2.38. The highest BCUT2D eigenvalue weighted by Gasteiger charge is 2.32. The van der Waals surface area contributed by atoms with Gasteiger partial charge in [0.15, 0.2) is 23.8 Å². The van der Waals surface area contributed by atoms with Crippen molar-refractivity contribution in [2.45, 2.75) is 25.8 Å². The number of quaternary nitrogens is 1. The number of likely N-dealkylation sites (tertiary alicyclic amines) is 1. The average Bonchev–Trinajstić information content (AvgIpc) is 3.34. The van der Waals surface area contributed by atoms with Gasteiger partial charge < -0.3 is 19.7 Å². The van der Waals surface area contributed by atoms with Gasteiger partial charge in [0.05, 0.1) is 17.1 Å². The summed E-state index contributed by atoms with van der Waals surface area (Å²) in [5.41, 5.74) is 0.923. The van der Waals surface area contributed by atoms with E-state index in [0.29, 0.717) is 35.3 Å². The maximum Gasteiger partial charge on any atom is 0.279 e. The number of ketones is 1. The molecule has 6 nitrogen and oxygen atoms in total. The highest BCUT2D eigenvalue weighted by Crippen LogP contribution is 2.37. The standard InChI is InChI=1S/C19H20N2O4S/c1-12(22)13-8-16-17(25-11-24-16)9-14(13)20-19(23)10-21-6-2-4-15(21)18-5-3-7-26-18/h3,5,7-9,15H,2,4,6,10-11H2,1H3,(H,20,23)/p+1/t15-/m0/s1. The monoisotopic (exact) mass is 373 g/mol. The number of rotatable bonds is 5. The molecule has 7 heteroatoms. The number of anilines is 1. The zero-order valence-electron chi connectivity index (χ0n) is 14.5. The summed E-state index contributed by atoms with van der Waals surface area (Å²) in [6.45, 7) is 2.97. The minimum absolute atomic E-state index is 0.0928. The van der Waals surface area contributed by atoms with Crippen LogP contribution in [0.3, 0.4) is 0 Å². The Morgan fingerprint density at radius 3 is 2.85 bits per heavy atom. The van der Waals surface area contributed by atoms with E-state index in [-0.39, 0.29) is 18.5 Å². The van der Waals surface area contributed by atoms with Crippen molar-refractivity contribution < 1.29 is 24.0 Å². The Labute approximate surface area is 155 Å². The molecule has 3 heterocycles. The van der Waals surface area contributed by atoms with Gasteiger partial charge in [-0.15, -0.1) is 11.3 Å². The SMILES string of the molecule is CC(=O)c1cc2c(cc1NC(=O)C[NH+]1CCC[C@H]1c1cccs1)OCO2. The molecule has 2 N–H and O–H groups in total. The lowest BCUT2D eigenvalue weighted by Gasteiger charge is -2.20. The molecule has 2 aromatic rings. The zero-order chi connectivity index (χ0) is 18.1. The minimum atomic E-state index is -0.122. The van der Waals surface area contributed by atoms with Gasteiger partial charge >= 0.3 is 0 Å². The third kappa shape index (κ3) is 3.32. The van der Waals surface area contributed by atoms with Crippen LogP contribution in [-0.2, 0) is 4.79 Å². The fourth-order valence-electron chi connectivity index (χ4n) is 3.69. The molecule has 136 valence electrons. The van der Waals surface area contributed by atoms with Gasteiger partial charge in [0, 0.05) is 24.5 Å². The molecule has 0 radical (unpaired) electrons. The summed E-state index contributed by atoms with van der Waals surface area (Å²) >= 11 is 1.75. The fraction of sp³-hybridized carbons (Fsp3) is 0.368. The number of amides is 1. The Morgan fingerprint density at radius 2 is 2.12 bits per heavy atom. The second-order valence-corrected chi connectivity index (χ2v) is 7.63. The molecule has 0 bridgehead atoms. The molecule has 4 rings (SSSR count). The first kappa shape index (κ1) is 17.1. The Kier molecular flexibility index (Phi) is 4.65. The molecule has 2 aliphatic rings. The number of carbonyl (C=O) groups is 2. The minimum Gasteiger partial charge on any atom is -0.454 e. The van der Waals surface area contributed by atoms with Crippen LogP contribution in [0, 0.1) is 0 Å². The first-order valence-electron chi connectivity index (χ1n) is 8.74. The summed E-state index contributed by atoms with van der Waals surface area (Å²) in [4.78, 5) is 27.2. The molecule has 26 heavy (non-hydrogen) atoms. The van der Waals surface area contributed by atoms with Gasteiger partial charge in [0.25, 0.3) is 5.91 Å². The van der Waals surface area contributed by atoms with Crippen molar-refractivity contribution in [3.8, 4) is 11.5 Å². The lowest BCUT2D eigenvalue weighted by Crippen LogP contribution is -3.11. The van der Waals surface area contributed by atoms with E-state index < -0.39 is 0 Å². The molecule has 0 spiro atoms. The van der Waals surface area contributed by atoms with Gasteiger partial charge in [-0.25, -0.2) is 0 Å². The number of fused-ring (bicyclic) bond motifs is 1. The molecule has 0 aliphatic carbocycles. The van der Waals surface area contributed by atoms with Crippen LogP contribution in [0.1, 0.15) is 41.0 Å². The summed E-state index contributed by atoms with van der Waals surface area (Å²) in [5.74, 6) is 0.875. The molecule has 1 amide bonds. The van der Waals surface area contributed by atoms with E-state index in [1.165, 1.54) is 16.7 Å². The van der Waals surface area contributed by atoms with Crippen molar-refractivity contribution in [2.75, 3.05) is 25.2 Å². The lowest BCUT2D eigenvalue weighted by atomic mass is 10.1. The number of benzene rings is 1. The molecule has 1 aromatic heterocycles. The summed E-state index contributed by atoms with van der Waals surface area (Å²) in [6, 6.07) is 7.89. The summed E-state index contributed by atoms with van der Waals surface area (Å²) < 4.78 is 10.7. The van der Waals surface area contributed by atoms with E-state index >= 15 is 0 Å². The third-order valence-electron chi connectivity index (χ3n) is 4.92. The lowest BCUT2D eigenvalue weighted by molar-refractivity contribution is -0.910. The largest absolute Gasteiger partial charge is 0.454 e. The first-order chi connectivity index (χ1) is 12.6. The Balaban J connectivity index is 1.49. The van der Waals surface area contributed by atoms with E-state index in [1.54, 1.807) is 23.5 Å². The number of hydrogen-bond acceptors (Lipinski definition) is 5. The Morgan fingerprint density at radius 1 is 1.31 bits per heavy atom. The maximum atomic E-state index is 12.6. The number of Topliss-reactive ketones (excluding diaryl/α,β-unsaturated/α-hetero) is 1. The van der Waals surface area contributed by atoms with E-state index in [2.05, 4.69) is 22.8 Å². The normalized spacial score (nSPS) is 21.0. The predicted octanol–water partition coefficient (Wildman–Crippen LogP) is 2.04. The average molecular weight is 373 g/mol. The van der Waals surface area contributed by atoms with Crippen molar-refractivity contribution in [1.82, 2.24) is 0 Å². The van der Waals surface area contributed by atoms with E-state index in [4.69, 9.17) is 9.47 Å². The van der Waals surface area contributed by atoms with Crippen molar-refractivity contribution in [3.63, 3.8) is 0 Å². The molecule has 2 aliphatic heterocycles. The van der Waals surface area contributed by atoms with Crippen LogP contribution in [-0.4, -0.2) is 31.6 Å². The molecule has 1 saturated heterocycles. The van der Waals surface area contributed by atoms with Gasteiger partial charge in [0.2, 0.25) is 6.79 Å². The van der Waals surface area contributed by atoms with Crippen molar-refractivity contribution in [3.05, 3.63) is 40.1 Å². The smallest absolute Gasteiger partial charge is 0.279 e. The number of thiophene rings is 1. The summed E-state index contributed by atoms with van der Waals surface area (Å²) in [6.07, 6.45) is 2.22. The molecular formula is C19H21N2O4S+. The van der Waals surface area contributed by atoms with Gasteiger partial charge in [-0.05, 0) is 24.4 Å². The van der Waals surface area contributed by atoms with Crippen molar-refractivity contribution in [1.29, 1.82) is 0 Å². The second-order valence-electron chi connectivity index (χ2n) is 6.65. The topological polar surface area (TPSA) is 69.1 Å². The van der Waals surface area contributed by atoms with E-state index in [1.807, 2.05) is 0 Å². The zero-order valence-corrected chi connectivity index (χ0v) is 15.4. The van der Waals surface area contributed by atoms with Crippen LogP contribution < -0.4 is 19.7 Å². The van der Waals surface area contributed by atoms with E-state index in [0.717, 1.165) is 19.4 Å². The maximum absolute atomic E-state index is 12.6. The van der Waals surface area contributed by atoms with Crippen LogP contribution in [0.4, 0.5) is 5.69 Å². The van der Waals surface area contributed by atoms with Crippen LogP contribution in [0.5, 0.6) is 11.5 Å². The van der Waals surface area contributed by atoms with Crippen LogP contribution in [0.25, 0.3) is 0 Å².